The van der Waals surface area contributed by atoms with Gasteiger partial charge in [-0.15, -0.1) is 0 Å². The molecule has 2 atom stereocenters. The minimum absolute atomic E-state index is 0.0810. The molecule has 0 bridgehead atoms. The van der Waals surface area contributed by atoms with Crippen LogP contribution < -0.4 is 5.32 Å². The van der Waals surface area contributed by atoms with E-state index in [2.05, 4.69) is 49.9 Å². The van der Waals surface area contributed by atoms with Crippen LogP contribution in [0.15, 0.2) is 12.3 Å². The van der Waals surface area contributed by atoms with Crippen LogP contribution in [0, 0.1) is 12.8 Å². The third-order valence-corrected chi connectivity index (χ3v) is 4.28. The molecule has 4 nitrogen and oxygen atoms in total. The third-order valence-electron chi connectivity index (χ3n) is 4.28. The fourth-order valence-electron chi connectivity index (χ4n) is 3.52. The monoisotopic (exact) mass is 291 g/mol. The molecule has 1 aromatic rings. The van der Waals surface area contributed by atoms with E-state index in [9.17, 15) is 0 Å². The molecular weight excluding hydrogens is 262 g/mol. The molecule has 0 radical (unpaired) electrons. The summed E-state index contributed by atoms with van der Waals surface area (Å²) >= 11 is 0. The molecule has 118 valence electrons. The fourth-order valence-corrected chi connectivity index (χ4v) is 3.52. The summed E-state index contributed by atoms with van der Waals surface area (Å²) in [4.78, 5) is 8.88. The van der Waals surface area contributed by atoms with Crippen LogP contribution in [-0.2, 0) is 4.74 Å². The van der Waals surface area contributed by atoms with Gasteiger partial charge in [0.15, 0.2) is 0 Å². The van der Waals surface area contributed by atoms with E-state index in [1.807, 2.05) is 19.2 Å². The van der Waals surface area contributed by atoms with Gasteiger partial charge in [0.25, 0.3) is 0 Å². The fraction of sp³-hybridized carbons (Fsp3) is 0.765. The van der Waals surface area contributed by atoms with Crippen molar-refractivity contribution in [1.29, 1.82) is 0 Å². The van der Waals surface area contributed by atoms with Crippen molar-refractivity contribution < 1.29 is 4.74 Å². The first kappa shape index (κ1) is 16.4. The summed E-state index contributed by atoms with van der Waals surface area (Å²) in [5, 5.41) is 3.68. The van der Waals surface area contributed by atoms with Gasteiger partial charge in [-0.25, -0.2) is 9.97 Å². The van der Waals surface area contributed by atoms with E-state index in [1.54, 1.807) is 0 Å². The zero-order valence-electron chi connectivity index (χ0n) is 14.2. The number of ether oxygens (including phenoxy) is 1. The van der Waals surface area contributed by atoms with E-state index in [4.69, 9.17) is 4.74 Å². The van der Waals surface area contributed by atoms with Crippen LogP contribution in [0.5, 0.6) is 0 Å². The lowest BCUT2D eigenvalue weighted by molar-refractivity contribution is -0.0780. The Hall–Kier alpha value is -1.00. The minimum Gasteiger partial charge on any atom is -0.369 e. The van der Waals surface area contributed by atoms with Gasteiger partial charge in [0, 0.05) is 12.1 Å². The molecule has 1 N–H and O–H groups in total. The van der Waals surface area contributed by atoms with Crippen LogP contribution in [0.2, 0.25) is 0 Å². The van der Waals surface area contributed by atoms with E-state index in [0.717, 1.165) is 30.9 Å². The average molecular weight is 291 g/mol. The predicted molar refractivity (Wildman–Crippen MR) is 85.2 cm³/mol. The van der Waals surface area contributed by atoms with Gasteiger partial charge in [-0.1, -0.05) is 6.92 Å². The molecule has 0 spiro atoms. The van der Waals surface area contributed by atoms with E-state index in [1.165, 1.54) is 0 Å². The molecule has 2 unspecified atom stereocenters. The second-order valence-corrected chi connectivity index (χ2v) is 7.24. The van der Waals surface area contributed by atoms with E-state index >= 15 is 0 Å². The Morgan fingerprint density at radius 3 is 2.62 bits per heavy atom. The number of hydrogen-bond donors (Lipinski definition) is 1. The van der Waals surface area contributed by atoms with Crippen LogP contribution in [0.1, 0.15) is 65.0 Å². The molecule has 1 saturated heterocycles. The average Bonchev–Trinajstić information content (AvgIpc) is 2.58. The zero-order chi connectivity index (χ0) is 15.7. The third kappa shape index (κ3) is 3.80. The van der Waals surface area contributed by atoms with E-state index in [-0.39, 0.29) is 17.2 Å². The first-order valence-corrected chi connectivity index (χ1v) is 7.98. The van der Waals surface area contributed by atoms with Gasteiger partial charge in [0.05, 0.1) is 22.9 Å². The summed E-state index contributed by atoms with van der Waals surface area (Å²) < 4.78 is 6.28. The van der Waals surface area contributed by atoms with Crippen LogP contribution >= 0.6 is 0 Å². The molecule has 0 aromatic carbocycles. The normalized spacial score (nSPS) is 25.0. The Morgan fingerprint density at radius 2 is 2.10 bits per heavy atom. The van der Waals surface area contributed by atoms with Crippen LogP contribution in [-0.4, -0.2) is 27.7 Å². The molecule has 0 saturated carbocycles. The highest BCUT2D eigenvalue weighted by Crippen LogP contribution is 2.47. The quantitative estimate of drug-likeness (QED) is 0.903. The van der Waals surface area contributed by atoms with Gasteiger partial charge in [-0.2, -0.15) is 0 Å². The Morgan fingerprint density at radius 1 is 1.38 bits per heavy atom. The van der Waals surface area contributed by atoms with Crippen molar-refractivity contribution in [3.63, 3.8) is 0 Å². The van der Waals surface area contributed by atoms with Crippen LogP contribution in [0.25, 0.3) is 0 Å². The summed E-state index contributed by atoms with van der Waals surface area (Å²) in [7, 11) is 0. The number of nitrogens with one attached hydrogen (secondary N) is 1. The number of nitrogens with zero attached hydrogens (tertiary/aromatic N) is 2. The molecule has 2 heterocycles. The second-order valence-electron chi connectivity index (χ2n) is 7.24. The molecule has 2 rings (SSSR count). The molecule has 21 heavy (non-hydrogen) atoms. The highest BCUT2D eigenvalue weighted by molar-refractivity contribution is 5.13. The van der Waals surface area contributed by atoms with Gasteiger partial charge in [0.2, 0.25) is 0 Å². The van der Waals surface area contributed by atoms with Gasteiger partial charge < -0.3 is 10.1 Å². The summed E-state index contributed by atoms with van der Waals surface area (Å²) in [5.41, 5.74) is 0.839. The Kier molecular flexibility index (Phi) is 4.69. The molecule has 0 aliphatic carbocycles. The lowest BCUT2D eigenvalue weighted by atomic mass is 9.80. The number of hydrogen-bond acceptors (Lipinski definition) is 4. The number of aromatic nitrogens is 2. The standard InChI is InChI=1S/C17H29N3O/c1-7-9-19-15(14-8-10-18-12(2)20-14)13-11-16(3,4)21-17(13,5)6/h8,10,13,15,19H,7,9,11H2,1-6H3. The Balaban J connectivity index is 2.32. The summed E-state index contributed by atoms with van der Waals surface area (Å²) in [6, 6.07) is 2.24. The van der Waals surface area contributed by atoms with Gasteiger partial charge in [0.1, 0.15) is 5.82 Å². The Labute approximate surface area is 128 Å². The van der Waals surface area contributed by atoms with Crippen molar-refractivity contribution in [3.8, 4) is 0 Å². The second kappa shape index (κ2) is 6.01. The van der Waals surface area contributed by atoms with Crippen molar-refractivity contribution in [2.45, 2.75) is 71.6 Å². The molecule has 4 heteroatoms. The molecular formula is C17H29N3O. The summed E-state index contributed by atoms with van der Waals surface area (Å²) in [6.45, 7) is 13.9. The topological polar surface area (TPSA) is 47.0 Å². The van der Waals surface area contributed by atoms with E-state index in [0.29, 0.717) is 5.92 Å². The first-order chi connectivity index (χ1) is 9.75. The molecule has 0 amide bonds. The number of rotatable bonds is 5. The summed E-state index contributed by atoms with van der Waals surface area (Å²) in [6.07, 6.45) is 3.99. The van der Waals surface area contributed by atoms with Crippen molar-refractivity contribution in [1.82, 2.24) is 15.3 Å². The predicted octanol–water partition coefficient (Wildman–Crippen LogP) is 3.42. The molecule has 1 fully saturated rings. The van der Waals surface area contributed by atoms with Crippen molar-refractivity contribution in [2.24, 2.45) is 5.92 Å². The van der Waals surface area contributed by atoms with E-state index < -0.39 is 0 Å². The van der Waals surface area contributed by atoms with Gasteiger partial charge >= 0.3 is 0 Å². The zero-order valence-corrected chi connectivity index (χ0v) is 14.2. The van der Waals surface area contributed by atoms with Crippen LogP contribution in [0.4, 0.5) is 0 Å². The van der Waals surface area contributed by atoms with Gasteiger partial charge in [-0.05, 0) is 60.1 Å². The molecule has 1 aromatic heterocycles. The SMILES string of the molecule is CCCNC(c1ccnc(C)n1)C1CC(C)(C)OC1(C)C. The summed E-state index contributed by atoms with van der Waals surface area (Å²) in [5.74, 6) is 1.22. The lowest BCUT2D eigenvalue weighted by Gasteiger charge is -2.33. The lowest BCUT2D eigenvalue weighted by Crippen LogP contribution is -2.39. The van der Waals surface area contributed by atoms with Crippen LogP contribution in [0.3, 0.4) is 0 Å². The van der Waals surface area contributed by atoms with Crippen molar-refractivity contribution in [2.75, 3.05) is 6.54 Å². The maximum Gasteiger partial charge on any atom is 0.125 e. The highest BCUT2D eigenvalue weighted by atomic mass is 16.5. The van der Waals surface area contributed by atoms with Gasteiger partial charge in [-0.3, -0.25) is 0 Å². The van der Waals surface area contributed by atoms with Crippen molar-refractivity contribution >= 4 is 0 Å². The Bertz CT molecular complexity index is 485. The van der Waals surface area contributed by atoms with Crippen molar-refractivity contribution in [3.05, 3.63) is 23.8 Å². The smallest absolute Gasteiger partial charge is 0.125 e. The minimum atomic E-state index is -0.159. The molecule has 1 aliphatic heterocycles. The largest absolute Gasteiger partial charge is 0.369 e. The maximum absolute atomic E-state index is 6.28. The molecule has 1 aliphatic rings. The highest BCUT2D eigenvalue weighted by Gasteiger charge is 2.49. The number of aryl methyl sites for hydroxylation is 1. The first-order valence-electron chi connectivity index (χ1n) is 7.98. The maximum atomic E-state index is 6.28.